The molecule has 0 saturated carbocycles. The summed E-state index contributed by atoms with van der Waals surface area (Å²) >= 11 is 0. The number of hydrazine groups is 2. The number of nitrogens with two attached hydrogens (primary N) is 1. The second-order valence-electron chi connectivity index (χ2n) is 22.1. The summed E-state index contributed by atoms with van der Waals surface area (Å²) in [4.78, 5) is 47.6. The number of nitrogens with zero attached hydrogens (tertiary/aromatic N) is 1. The van der Waals surface area contributed by atoms with Crippen molar-refractivity contribution in [1.29, 1.82) is 0 Å². The highest BCUT2D eigenvalue weighted by atomic mass is 16.5. The minimum atomic E-state index is -0.309. The Morgan fingerprint density at radius 1 is 0.558 bits per heavy atom. The third-order valence-corrected chi connectivity index (χ3v) is 12.6. The minimum absolute atomic E-state index is 0. The van der Waals surface area contributed by atoms with Crippen LogP contribution in [0.15, 0.2) is 59.7 Å². The smallest absolute Gasteiger partial charge is 0.271 e. The first-order chi connectivity index (χ1) is 35.7. The molecule has 0 saturated heterocycles. The van der Waals surface area contributed by atoms with Crippen LogP contribution in [-0.2, 0) is 4.79 Å². The van der Waals surface area contributed by atoms with E-state index in [0.717, 1.165) is 60.3 Å². The SMILES string of the molecule is C.CCCCCC/C(=N/NC(=O)c1cccc(OC)c1C)C(C)(C)C.CCCCCCC(=O)C(C)(C)C.CCCCCCC(NNC(=O)c1cccc(OC)c1C)C(C)(C)C.CCO.COc1cccc(C(=O)NN)c1C. The summed E-state index contributed by atoms with van der Waals surface area (Å²) in [6.07, 6.45) is 17.2. The second-order valence-corrected chi connectivity index (χ2v) is 22.1. The number of hydrogen-bond donors (Lipinski definition) is 6. The van der Waals surface area contributed by atoms with Crippen LogP contribution in [0.5, 0.6) is 17.2 Å². The van der Waals surface area contributed by atoms with Crippen LogP contribution in [-0.4, -0.2) is 68.3 Å². The molecular formula is C63H110N6O8. The molecule has 3 aromatic rings. The molecule has 14 heteroatoms. The predicted octanol–water partition coefficient (Wildman–Crippen LogP) is 14.5. The summed E-state index contributed by atoms with van der Waals surface area (Å²) in [6.45, 7) is 33.1. The highest BCUT2D eigenvalue weighted by Crippen LogP contribution is 2.26. The molecule has 3 aromatic carbocycles. The van der Waals surface area contributed by atoms with E-state index in [1.807, 2.05) is 71.9 Å². The zero-order valence-electron chi connectivity index (χ0n) is 50.9. The van der Waals surface area contributed by atoms with Crippen LogP contribution in [0.3, 0.4) is 0 Å². The van der Waals surface area contributed by atoms with Crippen molar-refractivity contribution in [3.8, 4) is 17.2 Å². The molecule has 3 amide bonds. The molecule has 0 radical (unpaired) electrons. The molecule has 1 unspecified atom stereocenters. The Balaban J connectivity index is -0.000000966. The maximum atomic E-state index is 12.5. The van der Waals surface area contributed by atoms with Crippen molar-refractivity contribution < 1.29 is 38.5 Å². The van der Waals surface area contributed by atoms with Gasteiger partial charge in [0.1, 0.15) is 23.0 Å². The van der Waals surface area contributed by atoms with Crippen molar-refractivity contribution in [3.63, 3.8) is 0 Å². The molecule has 14 nitrogen and oxygen atoms in total. The van der Waals surface area contributed by atoms with Gasteiger partial charge in [-0.1, -0.05) is 173 Å². The van der Waals surface area contributed by atoms with Gasteiger partial charge in [0, 0.05) is 69.0 Å². The van der Waals surface area contributed by atoms with Crippen molar-refractivity contribution in [3.05, 3.63) is 88.0 Å². The molecule has 440 valence electrons. The number of Topliss-reactive ketones (excluding diaryl/α,β-unsaturated/α-hetero) is 1. The lowest BCUT2D eigenvalue weighted by Gasteiger charge is -2.32. The van der Waals surface area contributed by atoms with Gasteiger partial charge in [-0.05, 0) is 95.2 Å². The molecule has 1 atom stereocenters. The number of amides is 3. The lowest BCUT2D eigenvalue weighted by atomic mass is 9.84. The van der Waals surface area contributed by atoms with E-state index in [-0.39, 0.29) is 54.0 Å². The maximum Gasteiger partial charge on any atom is 0.271 e. The van der Waals surface area contributed by atoms with E-state index in [2.05, 4.69) is 89.1 Å². The van der Waals surface area contributed by atoms with E-state index in [4.69, 9.17) is 25.2 Å². The van der Waals surface area contributed by atoms with Crippen LogP contribution in [0.4, 0.5) is 0 Å². The topological polar surface area (TPSA) is 203 Å². The van der Waals surface area contributed by atoms with Gasteiger partial charge in [0.25, 0.3) is 17.7 Å². The number of aliphatic hydroxyl groups is 1. The second kappa shape index (κ2) is 41.7. The molecular weight excluding hydrogens is 969 g/mol. The number of nitrogens with one attached hydrogen (secondary N) is 4. The van der Waals surface area contributed by atoms with Crippen LogP contribution < -0.4 is 41.8 Å². The number of aliphatic hydroxyl groups excluding tert-OH is 1. The van der Waals surface area contributed by atoms with E-state index in [9.17, 15) is 19.2 Å². The van der Waals surface area contributed by atoms with Gasteiger partial charge in [-0.25, -0.2) is 16.7 Å². The summed E-state index contributed by atoms with van der Waals surface area (Å²) < 4.78 is 15.6. The zero-order valence-corrected chi connectivity index (χ0v) is 50.9. The predicted molar refractivity (Wildman–Crippen MR) is 323 cm³/mol. The van der Waals surface area contributed by atoms with E-state index < -0.39 is 0 Å². The Morgan fingerprint density at radius 2 is 0.935 bits per heavy atom. The van der Waals surface area contributed by atoms with Crippen LogP contribution in [0.1, 0.15) is 242 Å². The largest absolute Gasteiger partial charge is 0.496 e. The quantitative estimate of drug-likeness (QED) is 0.0165. The summed E-state index contributed by atoms with van der Waals surface area (Å²) in [5.41, 5.74) is 16.1. The Bertz CT molecular complexity index is 2140. The lowest BCUT2D eigenvalue weighted by molar-refractivity contribution is -0.126. The van der Waals surface area contributed by atoms with E-state index in [1.165, 1.54) is 64.2 Å². The molecule has 77 heavy (non-hydrogen) atoms. The number of rotatable bonds is 24. The molecule has 7 N–H and O–H groups in total. The van der Waals surface area contributed by atoms with E-state index >= 15 is 0 Å². The summed E-state index contributed by atoms with van der Waals surface area (Å²) in [5.74, 6) is 6.93. The maximum absolute atomic E-state index is 12.5. The molecule has 0 aliphatic rings. The van der Waals surface area contributed by atoms with Gasteiger partial charge >= 0.3 is 0 Å². The molecule has 0 aliphatic heterocycles. The fourth-order valence-corrected chi connectivity index (χ4v) is 7.62. The fraction of sp³-hybridized carbons (Fsp3) is 0.635. The first kappa shape index (κ1) is 75.9. The molecule has 0 bridgehead atoms. The third-order valence-electron chi connectivity index (χ3n) is 12.6. The van der Waals surface area contributed by atoms with Crippen molar-refractivity contribution in [2.75, 3.05) is 27.9 Å². The Morgan fingerprint density at radius 3 is 1.29 bits per heavy atom. The first-order valence-corrected chi connectivity index (χ1v) is 27.7. The molecule has 0 fully saturated rings. The number of hydrazone groups is 1. The Kier molecular flexibility index (Phi) is 41.2. The Hall–Kier alpha value is -5.31. The number of carbonyl (C=O) groups is 4. The van der Waals surface area contributed by atoms with Gasteiger partial charge < -0.3 is 19.3 Å². The molecule has 0 heterocycles. The average Bonchev–Trinajstić information content (AvgIpc) is 3.36. The number of benzene rings is 3. The van der Waals surface area contributed by atoms with Gasteiger partial charge in [-0.15, -0.1) is 0 Å². The van der Waals surface area contributed by atoms with Crippen molar-refractivity contribution in [2.45, 2.75) is 221 Å². The van der Waals surface area contributed by atoms with Crippen LogP contribution in [0.25, 0.3) is 0 Å². The average molecular weight is 1080 g/mol. The van der Waals surface area contributed by atoms with Gasteiger partial charge in [0.2, 0.25) is 0 Å². The standard InChI is InChI=1S/C20H34N2O2.C20H32N2O2.C11H22O.C9H12N2O2.C2H6O.CH4/c2*1-7-8-9-10-14-18(20(3,4)5)21-22-19(23)16-12-11-13-17(24-6)15(16)2;1-5-6-7-8-9-10(12)11(2,3)4;1-6-7(9(12)11-10)4-3-5-8(6)13-2;1-2-3;/h11-13,18,21H,7-10,14H2,1-6H3,(H,22,23);11-13H,7-10,14H2,1-6H3,(H,22,23);5-9H2,1-4H3;3-5H,10H2,1-2H3,(H,11,12);3H,2H2,1H3;1H4/b;21-18-;;;;. The molecule has 0 aromatic heterocycles. The number of carbonyl (C=O) groups excluding carboxylic acids is 4. The zero-order chi connectivity index (χ0) is 58.5. The normalized spacial score (nSPS) is 11.4. The van der Waals surface area contributed by atoms with Crippen molar-refractivity contribution in [1.82, 2.24) is 21.7 Å². The van der Waals surface area contributed by atoms with Crippen LogP contribution in [0.2, 0.25) is 0 Å². The van der Waals surface area contributed by atoms with Gasteiger partial charge in [-0.3, -0.25) is 30.0 Å². The minimum Gasteiger partial charge on any atom is -0.496 e. The fourth-order valence-electron chi connectivity index (χ4n) is 7.62. The third kappa shape index (κ3) is 31.6. The van der Waals surface area contributed by atoms with Crippen LogP contribution >= 0.6 is 0 Å². The summed E-state index contributed by atoms with van der Waals surface area (Å²) in [7, 11) is 4.79. The lowest BCUT2D eigenvalue weighted by Crippen LogP contribution is -2.50. The van der Waals surface area contributed by atoms with Gasteiger partial charge in [-0.2, -0.15) is 5.10 Å². The van der Waals surface area contributed by atoms with Crippen molar-refractivity contribution >= 4 is 29.2 Å². The van der Waals surface area contributed by atoms with E-state index in [1.54, 1.807) is 52.5 Å². The first-order valence-electron chi connectivity index (χ1n) is 27.7. The number of unbranched alkanes of at least 4 members (excludes halogenated alkanes) is 9. The van der Waals surface area contributed by atoms with Crippen molar-refractivity contribution in [2.24, 2.45) is 27.2 Å². The number of hydrogen-bond acceptors (Lipinski definition) is 11. The number of ether oxygens (including phenoxy) is 3. The highest BCUT2D eigenvalue weighted by Gasteiger charge is 2.25. The summed E-state index contributed by atoms with van der Waals surface area (Å²) in [5, 5.41) is 12.0. The monoisotopic (exact) mass is 1080 g/mol. The number of ketones is 1. The molecule has 3 rings (SSSR count). The Labute approximate surface area is 468 Å². The number of nitrogen functional groups attached to an aromatic ring is 1. The molecule has 0 spiro atoms. The summed E-state index contributed by atoms with van der Waals surface area (Å²) in [6, 6.07) is 16.5. The van der Waals surface area contributed by atoms with Crippen LogP contribution in [0, 0.1) is 37.0 Å². The van der Waals surface area contributed by atoms with E-state index in [0.29, 0.717) is 34.0 Å². The number of methoxy groups -OCH3 is 3. The molecule has 0 aliphatic carbocycles. The van der Waals surface area contributed by atoms with Gasteiger partial charge in [0.05, 0.1) is 21.3 Å². The van der Waals surface area contributed by atoms with Gasteiger partial charge in [0.15, 0.2) is 0 Å². The highest BCUT2D eigenvalue weighted by molar-refractivity contribution is 5.98.